The maximum atomic E-state index is 14.7. The minimum absolute atomic E-state index is 0.0453. The van der Waals surface area contributed by atoms with Crippen molar-refractivity contribution in [2.45, 2.75) is 118 Å². The molecule has 0 bridgehead atoms. The van der Waals surface area contributed by atoms with Crippen LogP contribution in [0.3, 0.4) is 0 Å². The minimum atomic E-state index is -0.653. The topological polar surface area (TPSA) is 72.8 Å². The Morgan fingerprint density at radius 1 is 0.792 bits per heavy atom. The van der Waals surface area contributed by atoms with E-state index < -0.39 is 11.5 Å². The van der Waals surface area contributed by atoms with Crippen molar-refractivity contribution in [3.63, 3.8) is 0 Å². The molecule has 9 atom stereocenters. The van der Waals surface area contributed by atoms with Crippen LogP contribution in [0.5, 0.6) is 0 Å². The largest absolute Gasteiger partial charge is 0.452 e. The van der Waals surface area contributed by atoms with Gasteiger partial charge in [0.25, 0.3) is 0 Å². The van der Waals surface area contributed by atoms with Crippen molar-refractivity contribution in [2.75, 3.05) is 0 Å². The lowest BCUT2D eigenvalue weighted by atomic mass is 9.33. The molecule has 5 heteroatoms. The standard InChI is InChI=1S/C43H55NO4/c1-38(2)33-18-21-43(7)36(41(33,5)20-19-34(38)44-47)32(45)26-30-31-27-40(4,23-22-39(31,3)24-25-42(30,43)6)37(46)48-35(28-14-10-8-11-15-28)29-16-12-9-13-17-29/h8-17,26,31,33-36H,18-25,27H2,1-7H3/t31-,33?,34?,36+,39+,40-,41-,42+,43+/m0/s1. The molecule has 0 aromatic heterocycles. The smallest absolute Gasteiger partial charge is 0.312 e. The molecule has 2 aromatic rings. The normalized spacial score (nSPS) is 41.6. The van der Waals surface area contributed by atoms with Gasteiger partial charge in [0.15, 0.2) is 11.9 Å². The summed E-state index contributed by atoms with van der Waals surface area (Å²) in [5, 5.41) is 3.59. The zero-order valence-electron chi connectivity index (χ0n) is 30.2. The van der Waals surface area contributed by atoms with Crippen molar-refractivity contribution in [2.24, 2.45) is 55.4 Å². The van der Waals surface area contributed by atoms with Gasteiger partial charge >= 0.3 is 5.97 Å². The van der Waals surface area contributed by atoms with Gasteiger partial charge in [0, 0.05) is 5.92 Å². The van der Waals surface area contributed by atoms with Crippen molar-refractivity contribution in [1.82, 2.24) is 0 Å². The number of allylic oxidation sites excluding steroid dienone is 2. The van der Waals surface area contributed by atoms with Gasteiger partial charge in [-0.25, -0.2) is 0 Å². The molecule has 256 valence electrons. The van der Waals surface area contributed by atoms with Gasteiger partial charge in [0.05, 0.1) is 11.5 Å². The number of nitrogens with zero attached hydrogens (tertiary/aromatic N) is 1. The highest BCUT2D eigenvalue weighted by atomic mass is 16.5. The van der Waals surface area contributed by atoms with E-state index in [1.54, 1.807) is 0 Å². The van der Waals surface area contributed by atoms with Gasteiger partial charge in [-0.05, 0) is 121 Å². The summed E-state index contributed by atoms with van der Waals surface area (Å²) in [6.45, 7) is 16.2. The van der Waals surface area contributed by atoms with Gasteiger partial charge in [-0.3, -0.25) is 9.59 Å². The summed E-state index contributed by atoms with van der Waals surface area (Å²) in [5.41, 5.74) is 1.91. The van der Waals surface area contributed by atoms with Gasteiger partial charge in [0.1, 0.15) is 0 Å². The highest BCUT2D eigenvalue weighted by Gasteiger charge is 2.70. The molecular weight excluding hydrogens is 594 g/mol. The second kappa shape index (κ2) is 11.2. The zero-order chi connectivity index (χ0) is 34.3. The third kappa shape index (κ3) is 4.68. The average Bonchev–Trinajstić information content (AvgIpc) is 3.06. The molecule has 4 fully saturated rings. The molecule has 0 saturated heterocycles. The van der Waals surface area contributed by atoms with E-state index in [9.17, 15) is 14.5 Å². The van der Waals surface area contributed by atoms with Crippen molar-refractivity contribution >= 4 is 11.8 Å². The summed E-state index contributed by atoms with van der Waals surface area (Å²) < 4.78 is 6.52. The van der Waals surface area contributed by atoms with Gasteiger partial charge in [-0.15, -0.1) is 0 Å². The van der Waals surface area contributed by atoms with Crippen LogP contribution < -0.4 is 0 Å². The van der Waals surface area contributed by atoms with Crippen LogP contribution in [-0.2, 0) is 14.3 Å². The van der Waals surface area contributed by atoms with E-state index in [1.165, 1.54) is 5.57 Å². The predicted molar refractivity (Wildman–Crippen MR) is 190 cm³/mol. The Bertz CT molecular complexity index is 1590. The third-order valence-corrected chi connectivity index (χ3v) is 15.6. The molecular formula is C43H55NO4. The fraction of sp³-hybridized carbons (Fsp3) is 0.628. The summed E-state index contributed by atoms with van der Waals surface area (Å²) in [6, 6.07) is 19.9. The first-order chi connectivity index (χ1) is 22.6. The summed E-state index contributed by atoms with van der Waals surface area (Å²) in [6.07, 6.45) is 9.83. The lowest BCUT2D eigenvalue weighted by Crippen LogP contribution is -2.66. The van der Waals surface area contributed by atoms with E-state index in [-0.39, 0.29) is 62.6 Å². The molecule has 5 aliphatic carbocycles. The Labute approximate surface area is 287 Å². The Morgan fingerprint density at radius 3 is 2.00 bits per heavy atom. The van der Waals surface area contributed by atoms with Crippen LogP contribution in [-0.4, -0.2) is 17.8 Å². The number of hydrogen-bond donors (Lipinski definition) is 0. The fourth-order valence-corrected chi connectivity index (χ4v) is 12.4. The van der Waals surface area contributed by atoms with Gasteiger partial charge < -0.3 is 4.74 Å². The third-order valence-electron chi connectivity index (χ3n) is 15.6. The number of rotatable bonds is 5. The second-order valence-electron chi connectivity index (χ2n) is 18.3. The van der Waals surface area contributed by atoms with Crippen LogP contribution in [0.15, 0.2) is 77.5 Å². The van der Waals surface area contributed by atoms with Crippen molar-refractivity contribution < 1.29 is 14.3 Å². The molecule has 0 aliphatic heterocycles. The van der Waals surface area contributed by atoms with Crippen molar-refractivity contribution in [1.29, 1.82) is 0 Å². The number of ether oxygens (including phenoxy) is 1. The Balaban J connectivity index is 1.23. The number of carbonyl (C=O) groups is 2. The molecule has 48 heavy (non-hydrogen) atoms. The molecule has 5 nitrogen and oxygen atoms in total. The Kier molecular flexibility index (Phi) is 7.81. The fourth-order valence-electron chi connectivity index (χ4n) is 12.4. The number of nitroso groups, excluding NO2 is 1. The van der Waals surface area contributed by atoms with Crippen LogP contribution in [0.1, 0.15) is 123 Å². The lowest BCUT2D eigenvalue weighted by Gasteiger charge is -2.70. The highest BCUT2D eigenvalue weighted by molar-refractivity contribution is 5.95. The van der Waals surface area contributed by atoms with Crippen LogP contribution in [0, 0.1) is 55.2 Å². The molecule has 0 radical (unpaired) electrons. The molecule has 7 rings (SSSR count). The number of esters is 1. The second-order valence-corrected chi connectivity index (χ2v) is 18.3. The zero-order valence-corrected chi connectivity index (χ0v) is 30.2. The quantitative estimate of drug-likeness (QED) is 0.239. The minimum Gasteiger partial charge on any atom is -0.452 e. The van der Waals surface area contributed by atoms with Gasteiger partial charge in [-0.1, -0.05) is 113 Å². The molecule has 0 heterocycles. The van der Waals surface area contributed by atoms with E-state index in [0.29, 0.717) is 6.42 Å². The van der Waals surface area contributed by atoms with Crippen LogP contribution in [0.25, 0.3) is 0 Å². The lowest BCUT2D eigenvalue weighted by molar-refractivity contribution is -0.188. The number of hydrogen-bond acceptors (Lipinski definition) is 5. The van der Waals surface area contributed by atoms with Crippen LogP contribution in [0.4, 0.5) is 0 Å². The SMILES string of the molecule is CC1(C)C(N=O)CC[C@@]2(C)C1CC[C@]1(C)[C@@H]2C(=O)C=C2[C@@H]3C[C@@](C)(C(=O)OC(c4ccccc4)c4ccccc4)CC[C@]3(C)CC[C@]21C. The summed E-state index contributed by atoms with van der Waals surface area (Å²) in [7, 11) is 0. The maximum Gasteiger partial charge on any atom is 0.312 e. The summed E-state index contributed by atoms with van der Waals surface area (Å²) in [5.74, 6) is 0.486. The highest BCUT2D eigenvalue weighted by Crippen LogP contribution is 2.75. The Hall–Kier alpha value is -3.08. The molecule has 2 aromatic carbocycles. The maximum absolute atomic E-state index is 14.7. The summed E-state index contributed by atoms with van der Waals surface area (Å²) in [4.78, 5) is 41.1. The van der Waals surface area contributed by atoms with E-state index in [4.69, 9.17) is 4.74 Å². The first-order valence-corrected chi connectivity index (χ1v) is 18.5. The van der Waals surface area contributed by atoms with E-state index in [1.807, 2.05) is 60.7 Å². The van der Waals surface area contributed by atoms with E-state index >= 15 is 0 Å². The molecule has 0 amide bonds. The first kappa shape index (κ1) is 33.4. The monoisotopic (exact) mass is 649 g/mol. The first-order valence-electron chi connectivity index (χ1n) is 18.5. The molecule has 5 aliphatic rings. The van der Waals surface area contributed by atoms with E-state index in [2.05, 4.69) is 59.7 Å². The predicted octanol–water partition coefficient (Wildman–Crippen LogP) is 10.4. The molecule has 0 N–H and O–H groups in total. The van der Waals surface area contributed by atoms with Gasteiger partial charge in [0.2, 0.25) is 0 Å². The van der Waals surface area contributed by atoms with Crippen LogP contribution in [0.2, 0.25) is 0 Å². The molecule has 0 spiro atoms. The number of ketones is 1. The van der Waals surface area contributed by atoms with E-state index in [0.717, 1.165) is 62.5 Å². The number of carbonyl (C=O) groups excluding carboxylic acids is 2. The van der Waals surface area contributed by atoms with Crippen molar-refractivity contribution in [3.8, 4) is 0 Å². The number of fused-ring (bicyclic) bond motifs is 7. The number of benzene rings is 2. The van der Waals surface area contributed by atoms with Gasteiger partial charge in [-0.2, -0.15) is 4.91 Å². The average molecular weight is 650 g/mol. The van der Waals surface area contributed by atoms with Crippen LogP contribution >= 0.6 is 0 Å². The molecule has 4 saturated carbocycles. The Morgan fingerprint density at radius 2 is 1.40 bits per heavy atom. The summed E-state index contributed by atoms with van der Waals surface area (Å²) >= 11 is 0. The van der Waals surface area contributed by atoms with Crippen molar-refractivity contribution in [3.05, 3.63) is 88.3 Å². The molecule has 2 unspecified atom stereocenters.